The molecule has 0 aliphatic carbocycles. The van der Waals surface area contributed by atoms with Crippen LogP contribution >= 0.6 is 0 Å². The number of nitrogens with one attached hydrogen (secondary N) is 2. The number of aryl methyl sites for hydroxylation is 1. The smallest absolute Gasteiger partial charge is 0.252 e. The Kier molecular flexibility index (Phi) is 5.80. The van der Waals surface area contributed by atoms with Crippen LogP contribution in [0.4, 0.5) is 0 Å². The van der Waals surface area contributed by atoms with Gasteiger partial charge >= 0.3 is 0 Å². The summed E-state index contributed by atoms with van der Waals surface area (Å²) in [6.07, 6.45) is 1.39. The van der Waals surface area contributed by atoms with Gasteiger partial charge in [-0.25, -0.2) is 0 Å². The molecule has 1 aromatic carbocycles. The molecule has 2 rings (SSSR count). The van der Waals surface area contributed by atoms with E-state index in [4.69, 9.17) is 9.47 Å². The molecule has 122 valence electrons. The zero-order chi connectivity index (χ0) is 16.0. The lowest BCUT2D eigenvalue weighted by Gasteiger charge is -2.35. The van der Waals surface area contributed by atoms with E-state index in [1.807, 2.05) is 38.1 Å². The number of hydrogen-bond acceptors (Lipinski definition) is 4. The Bertz CT molecular complexity index is 498. The van der Waals surface area contributed by atoms with Gasteiger partial charge in [-0.1, -0.05) is 12.1 Å². The molecule has 1 aromatic rings. The maximum atomic E-state index is 12.5. The van der Waals surface area contributed by atoms with Crippen LogP contribution < -0.4 is 15.4 Å². The van der Waals surface area contributed by atoms with E-state index in [9.17, 15) is 4.79 Å². The van der Waals surface area contributed by atoms with E-state index in [0.717, 1.165) is 24.4 Å². The number of rotatable bonds is 6. The van der Waals surface area contributed by atoms with Gasteiger partial charge in [-0.3, -0.25) is 4.79 Å². The second-order valence-corrected chi connectivity index (χ2v) is 5.95. The molecule has 5 nitrogen and oxygen atoms in total. The summed E-state index contributed by atoms with van der Waals surface area (Å²) in [6, 6.07) is 7.82. The molecule has 5 heteroatoms. The summed E-state index contributed by atoms with van der Waals surface area (Å²) in [5.74, 6) is 0.779. The number of hydrogen-bond donors (Lipinski definition) is 2. The van der Waals surface area contributed by atoms with Crippen molar-refractivity contribution >= 4 is 5.91 Å². The monoisotopic (exact) mass is 306 g/mol. The van der Waals surface area contributed by atoms with Crippen molar-refractivity contribution in [3.8, 4) is 5.75 Å². The summed E-state index contributed by atoms with van der Waals surface area (Å²) in [5.41, 5.74) is 0.449. The molecule has 22 heavy (non-hydrogen) atoms. The molecule has 1 fully saturated rings. The highest BCUT2D eigenvalue weighted by atomic mass is 16.5. The highest BCUT2D eigenvalue weighted by molar-refractivity contribution is 5.85. The number of amides is 1. The van der Waals surface area contributed by atoms with Crippen LogP contribution in [0.5, 0.6) is 5.75 Å². The molecule has 0 bridgehead atoms. The lowest BCUT2D eigenvalue weighted by molar-refractivity contribution is -0.147. The zero-order valence-corrected chi connectivity index (χ0v) is 13.6. The van der Waals surface area contributed by atoms with E-state index >= 15 is 0 Å². The Morgan fingerprint density at radius 1 is 1.41 bits per heavy atom. The minimum Gasteiger partial charge on any atom is -0.491 e. The van der Waals surface area contributed by atoms with Crippen molar-refractivity contribution < 1.29 is 14.3 Å². The Hall–Kier alpha value is -1.59. The van der Waals surface area contributed by atoms with Gasteiger partial charge in [0.1, 0.15) is 18.0 Å². The average molecular weight is 306 g/mol. The highest BCUT2D eigenvalue weighted by Crippen LogP contribution is 2.22. The van der Waals surface area contributed by atoms with Crippen molar-refractivity contribution in [2.24, 2.45) is 0 Å². The third kappa shape index (κ3) is 4.21. The van der Waals surface area contributed by atoms with Gasteiger partial charge < -0.3 is 20.1 Å². The molecule has 0 spiro atoms. The lowest BCUT2D eigenvalue weighted by Crippen LogP contribution is -2.56. The van der Waals surface area contributed by atoms with Gasteiger partial charge in [0.25, 0.3) is 5.91 Å². The van der Waals surface area contributed by atoms with E-state index in [1.54, 1.807) is 7.11 Å². The molecule has 1 atom stereocenters. The van der Waals surface area contributed by atoms with E-state index in [-0.39, 0.29) is 11.9 Å². The van der Waals surface area contributed by atoms with Gasteiger partial charge in [0, 0.05) is 7.11 Å². The summed E-state index contributed by atoms with van der Waals surface area (Å²) in [4.78, 5) is 12.5. The van der Waals surface area contributed by atoms with Crippen molar-refractivity contribution in [3.05, 3.63) is 29.8 Å². The summed E-state index contributed by atoms with van der Waals surface area (Å²) in [5, 5.41) is 6.26. The largest absolute Gasteiger partial charge is 0.491 e. The van der Waals surface area contributed by atoms with Crippen molar-refractivity contribution in [1.82, 2.24) is 10.6 Å². The third-order valence-corrected chi connectivity index (χ3v) is 4.08. The number of carbonyl (C=O) groups is 1. The van der Waals surface area contributed by atoms with Crippen LogP contribution in [0.15, 0.2) is 24.3 Å². The maximum absolute atomic E-state index is 12.5. The first-order chi connectivity index (χ1) is 10.6. The van der Waals surface area contributed by atoms with Gasteiger partial charge in [-0.05, 0) is 57.5 Å². The number of piperidine rings is 1. The summed E-state index contributed by atoms with van der Waals surface area (Å²) in [7, 11) is 1.61. The van der Waals surface area contributed by atoms with Crippen LogP contribution in [0, 0.1) is 6.92 Å². The number of carbonyl (C=O) groups excluding carboxylic acids is 1. The Morgan fingerprint density at radius 3 is 2.77 bits per heavy atom. The minimum absolute atomic E-state index is 0.0446. The molecule has 1 amide bonds. The van der Waals surface area contributed by atoms with E-state index in [2.05, 4.69) is 10.6 Å². The first-order valence-corrected chi connectivity index (χ1v) is 7.82. The normalized spacial score (nSPS) is 18.5. The molecular weight excluding hydrogens is 280 g/mol. The van der Waals surface area contributed by atoms with E-state index in [0.29, 0.717) is 19.4 Å². The van der Waals surface area contributed by atoms with Crippen molar-refractivity contribution in [2.75, 3.05) is 26.8 Å². The topological polar surface area (TPSA) is 59.6 Å². The van der Waals surface area contributed by atoms with Crippen LogP contribution in [0.25, 0.3) is 0 Å². The second-order valence-electron chi connectivity index (χ2n) is 5.95. The molecule has 1 unspecified atom stereocenters. The minimum atomic E-state index is -0.706. The highest BCUT2D eigenvalue weighted by Gasteiger charge is 2.40. The zero-order valence-electron chi connectivity index (χ0n) is 13.6. The molecule has 1 aliphatic heterocycles. The average Bonchev–Trinajstić information content (AvgIpc) is 2.53. The molecule has 1 heterocycles. The molecule has 1 saturated heterocycles. The standard InChI is InChI=1S/C17H26N2O3/c1-13-5-4-6-15(11-13)22-12-14(2)19-16(20)17(21-3)7-9-18-10-8-17/h4-6,11,14,18H,7-10,12H2,1-3H3,(H,19,20). The van der Waals surface area contributed by atoms with Crippen molar-refractivity contribution in [2.45, 2.75) is 38.3 Å². The molecule has 2 N–H and O–H groups in total. The maximum Gasteiger partial charge on any atom is 0.252 e. The van der Waals surface area contributed by atoms with Gasteiger partial charge in [-0.2, -0.15) is 0 Å². The van der Waals surface area contributed by atoms with Gasteiger partial charge in [0.15, 0.2) is 0 Å². The molecule has 0 aromatic heterocycles. The Balaban J connectivity index is 1.85. The van der Waals surface area contributed by atoms with Crippen molar-refractivity contribution in [3.63, 3.8) is 0 Å². The molecular formula is C17H26N2O3. The van der Waals surface area contributed by atoms with Crippen LogP contribution in [0.2, 0.25) is 0 Å². The number of ether oxygens (including phenoxy) is 2. The van der Waals surface area contributed by atoms with Gasteiger partial charge in [0.05, 0.1) is 6.04 Å². The summed E-state index contributed by atoms with van der Waals surface area (Å²) >= 11 is 0. The molecule has 0 radical (unpaired) electrons. The SMILES string of the molecule is COC1(C(=O)NC(C)COc2cccc(C)c2)CCNCC1. The number of benzene rings is 1. The first kappa shape index (κ1) is 16.8. The fourth-order valence-corrected chi connectivity index (χ4v) is 2.68. The van der Waals surface area contributed by atoms with Gasteiger partial charge in [0.2, 0.25) is 0 Å². The van der Waals surface area contributed by atoms with Crippen LogP contribution in [-0.4, -0.2) is 44.4 Å². The Morgan fingerprint density at radius 2 is 2.14 bits per heavy atom. The van der Waals surface area contributed by atoms with Gasteiger partial charge in [-0.15, -0.1) is 0 Å². The second kappa shape index (κ2) is 7.61. The van der Waals surface area contributed by atoms with Crippen LogP contribution in [0.3, 0.4) is 0 Å². The number of methoxy groups -OCH3 is 1. The quantitative estimate of drug-likeness (QED) is 0.839. The van der Waals surface area contributed by atoms with Crippen LogP contribution in [0.1, 0.15) is 25.3 Å². The van der Waals surface area contributed by atoms with Crippen molar-refractivity contribution in [1.29, 1.82) is 0 Å². The Labute approximate surface area is 132 Å². The fourth-order valence-electron chi connectivity index (χ4n) is 2.68. The predicted octanol–water partition coefficient (Wildman–Crippen LogP) is 1.65. The lowest BCUT2D eigenvalue weighted by atomic mass is 9.91. The van der Waals surface area contributed by atoms with Crippen LogP contribution in [-0.2, 0) is 9.53 Å². The molecule has 0 saturated carbocycles. The fraction of sp³-hybridized carbons (Fsp3) is 0.588. The first-order valence-electron chi connectivity index (χ1n) is 7.82. The third-order valence-electron chi connectivity index (χ3n) is 4.08. The molecule has 1 aliphatic rings. The summed E-state index contributed by atoms with van der Waals surface area (Å²) in [6.45, 7) is 6.01. The van der Waals surface area contributed by atoms with E-state index < -0.39 is 5.60 Å². The predicted molar refractivity (Wildman–Crippen MR) is 86.1 cm³/mol. The van der Waals surface area contributed by atoms with E-state index in [1.165, 1.54) is 0 Å². The summed E-state index contributed by atoms with van der Waals surface area (Å²) < 4.78 is 11.3.